The number of nitrogens with one attached hydrogen (secondary N) is 2. The molecule has 29 heavy (non-hydrogen) atoms. The predicted molar refractivity (Wildman–Crippen MR) is 108 cm³/mol. The molecule has 2 aromatic carbocycles. The van der Waals surface area contributed by atoms with E-state index in [9.17, 15) is 14.4 Å². The van der Waals surface area contributed by atoms with Crippen LogP contribution in [0.3, 0.4) is 0 Å². The van der Waals surface area contributed by atoms with E-state index in [0.717, 1.165) is 16.7 Å². The van der Waals surface area contributed by atoms with Gasteiger partial charge in [0.2, 0.25) is 0 Å². The third kappa shape index (κ3) is 7.65. The Morgan fingerprint density at radius 2 is 1.76 bits per heavy atom. The van der Waals surface area contributed by atoms with E-state index in [0.29, 0.717) is 5.75 Å². The van der Waals surface area contributed by atoms with Crippen LogP contribution in [0, 0.1) is 13.8 Å². The number of imide groups is 1. The smallest absolute Gasteiger partial charge is 0.321 e. The molecule has 0 aliphatic heterocycles. The average molecular weight is 398 g/mol. The lowest BCUT2D eigenvalue weighted by atomic mass is 10.1. The third-order valence-corrected chi connectivity index (χ3v) is 4.12. The number of carbonyl (C=O) groups is 3. The maximum absolute atomic E-state index is 12.0. The topological polar surface area (TPSA) is 93.7 Å². The normalized spacial score (nSPS) is 11.3. The number of carbonyl (C=O) groups excluding carboxylic acids is 3. The Morgan fingerprint density at radius 3 is 2.48 bits per heavy atom. The van der Waals surface area contributed by atoms with Crippen molar-refractivity contribution >= 4 is 17.9 Å². The molecule has 0 aliphatic rings. The lowest BCUT2D eigenvalue weighted by Gasteiger charge is -2.14. The van der Waals surface area contributed by atoms with Crippen LogP contribution < -0.4 is 15.4 Å². The quantitative estimate of drug-likeness (QED) is 0.667. The minimum Gasteiger partial charge on any atom is -0.493 e. The summed E-state index contributed by atoms with van der Waals surface area (Å²) in [5.74, 6) is -0.569. The van der Waals surface area contributed by atoms with Gasteiger partial charge in [-0.25, -0.2) is 4.79 Å². The van der Waals surface area contributed by atoms with E-state index in [1.54, 1.807) is 0 Å². The van der Waals surface area contributed by atoms with Crippen molar-refractivity contribution in [3.63, 3.8) is 0 Å². The van der Waals surface area contributed by atoms with Crippen LogP contribution in [0.4, 0.5) is 4.79 Å². The Morgan fingerprint density at radius 1 is 1.03 bits per heavy atom. The van der Waals surface area contributed by atoms with Crippen LogP contribution in [-0.2, 0) is 20.9 Å². The van der Waals surface area contributed by atoms with Gasteiger partial charge in [-0.15, -0.1) is 0 Å². The van der Waals surface area contributed by atoms with Crippen molar-refractivity contribution in [1.82, 2.24) is 10.6 Å². The van der Waals surface area contributed by atoms with Gasteiger partial charge in [0.25, 0.3) is 5.91 Å². The molecule has 0 aromatic heterocycles. The van der Waals surface area contributed by atoms with Crippen molar-refractivity contribution in [3.8, 4) is 5.75 Å². The van der Waals surface area contributed by atoms with Crippen LogP contribution in [0.25, 0.3) is 0 Å². The van der Waals surface area contributed by atoms with Crippen LogP contribution in [-0.4, -0.2) is 30.6 Å². The molecule has 7 heteroatoms. The zero-order valence-electron chi connectivity index (χ0n) is 16.9. The number of amides is 3. The van der Waals surface area contributed by atoms with E-state index in [1.165, 1.54) is 6.92 Å². The summed E-state index contributed by atoms with van der Waals surface area (Å²) in [5, 5.41) is 4.72. The number of hydrogen-bond acceptors (Lipinski definition) is 5. The fraction of sp³-hybridized carbons (Fsp3) is 0.318. The highest BCUT2D eigenvalue weighted by atomic mass is 16.5. The second-order valence-corrected chi connectivity index (χ2v) is 6.66. The van der Waals surface area contributed by atoms with E-state index >= 15 is 0 Å². The Labute approximate surface area is 170 Å². The van der Waals surface area contributed by atoms with Gasteiger partial charge in [-0.2, -0.15) is 0 Å². The molecule has 0 saturated carbocycles. The summed E-state index contributed by atoms with van der Waals surface area (Å²) >= 11 is 0. The first-order valence-electron chi connectivity index (χ1n) is 9.37. The zero-order chi connectivity index (χ0) is 21.2. The first-order chi connectivity index (χ1) is 13.8. The minimum absolute atomic E-state index is 0.00872. The largest absolute Gasteiger partial charge is 0.493 e. The number of hydrogen-bond donors (Lipinski definition) is 2. The second-order valence-electron chi connectivity index (χ2n) is 6.66. The van der Waals surface area contributed by atoms with Crippen LogP contribution in [0.2, 0.25) is 0 Å². The van der Waals surface area contributed by atoms with Crippen molar-refractivity contribution < 1.29 is 23.9 Å². The zero-order valence-corrected chi connectivity index (χ0v) is 16.9. The first kappa shape index (κ1) is 21.9. The van der Waals surface area contributed by atoms with Crippen LogP contribution in [0.1, 0.15) is 30.0 Å². The number of urea groups is 1. The van der Waals surface area contributed by atoms with Crippen LogP contribution in [0.5, 0.6) is 5.75 Å². The summed E-state index contributed by atoms with van der Waals surface area (Å²) in [6, 6.07) is 14.4. The van der Waals surface area contributed by atoms with Crippen molar-refractivity contribution in [2.45, 2.75) is 39.8 Å². The number of benzene rings is 2. The molecule has 0 aliphatic carbocycles. The Hall–Kier alpha value is -3.35. The lowest BCUT2D eigenvalue weighted by Crippen LogP contribution is -2.44. The van der Waals surface area contributed by atoms with E-state index in [2.05, 4.69) is 10.6 Å². The Balaban J connectivity index is 1.69. The van der Waals surface area contributed by atoms with Gasteiger partial charge in [0, 0.05) is 6.54 Å². The molecule has 0 saturated heterocycles. The fourth-order valence-corrected chi connectivity index (χ4v) is 2.45. The van der Waals surface area contributed by atoms with E-state index in [4.69, 9.17) is 9.47 Å². The van der Waals surface area contributed by atoms with E-state index < -0.39 is 24.0 Å². The molecule has 1 unspecified atom stereocenters. The lowest BCUT2D eigenvalue weighted by molar-refractivity contribution is -0.154. The maximum atomic E-state index is 12.0. The summed E-state index contributed by atoms with van der Waals surface area (Å²) in [7, 11) is 0. The van der Waals surface area contributed by atoms with E-state index in [-0.39, 0.29) is 19.6 Å². The number of ether oxygens (including phenoxy) is 2. The summed E-state index contributed by atoms with van der Waals surface area (Å²) in [5.41, 5.74) is 2.93. The first-order valence-corrected chi connectivity index (χ1v) is 9.37. The molecule has 2 rings (SSSR count). The molecule has 2 N–H and O–H groups in total. The van der Waals surface area contributed by atoms with Crippen LogP contribution >= 0.6 is 0 Å². The predicted octanol–water partition coefficient (Wildman–Crippen LogP) is 3.03. The third-order valence-electron chi connectivity index (χ3n) is 4.12. The molecule has 0 heterocycles. The molecule has 3 amide bonds. The number of esters is 1. The summed E-state index contributed by atoms with van der Waals surface area (Å²) in [4.78, 5) is 35.7. The van der Waals surface area contributed by atoms with Crippen LogP contribution in [0.15, 0.2) is 48.5 Å². The van der Waals surface area contributed by atoms with Gasteiger partial charge in [0.15, 0.2) is 6.10 Å². The fourth-order valence-electron chi connectivity index (χ4n) is 2.45. The average Bonchev–Trinajstić information content (AvgIpc) is 2.69. The highest BCUT2D eigenvalue weighted by Crippen LogP contribution is 2.19. The van der Waals surface area contributed by atoms with Gasteiger partial charge in [0.1, 0.15) is 5.75 Å². The summed E-state index contributed by atoms with van der Waals surface area (Å²) in [6.07, 6.45) is -1.10. The SMILES string of the molecule is Cc1ccc(C)c(OCCC(=O)OC(C)C(=O)NC(=O)NCc2ccccc2)c1. The maximum Gasteiger partial charge on any atom is 0.321 e. The molecule has 0 bridgehead atoms. The molecular formula is C22H26N2O5. The van der Waals surface area contributed by atoms with Gasteiger partial charge in [0.05, 0.1) is 13.0 Å². The van der Waals surface area contributed by atoms with E-state index in [1.807, 2.05) is 62.4 Å². The molecule has 154 valence electrons. The van der Waals surface area contributed by atoms with Gasteiger partial charge in [-0.05, 0) is 43.5 Å². The van der Waals surface area contributed by atoms with Gasteiger partial charge in [-0.1, -0.05) is 42.5 Å². The molecule has 0 fully saturated rings. The Bertz CT molecular complexity index is 852. The second kappa shape index (κ2) is 10.8. The monoisotopic (exact) mass is 398 g/mol. The molecule has 0 spiro atoms. The molecule has 1 atom stereocenters. The molecule has 2 aromatic rings. The standard InChI is InChI=1S/C22H26N2O5/c1-15-9-10-16(2)19(13-15)28-12-11-20(25)29-17(3)21(26)24-22(27)23-14-18-7-5-4-6-8-18/h4-10,13,17H,11-12,14H2,1-3H3,(H2,23,24,26,27). The van der Waals surface area contributed by atoms with Gasteiger partial charge in [-0.3, -0.25) is 14.9 Å². The number of aryl methyl sites for hydroxylation is 2. The van der Waals surface area contributed by atoms with Gasteiger partial charge >= 0.3 is 12.0 Å². The van der Waals surface area contributed by atoms with Crippen molar-refractivity contribution in [2.24, 2.45) is 0 Å². The summed E-state index contributed by atoms with van der Waals surface area (Å²) < 4.78 is 10.7. The number of rotatable bonds is 8. The minimum atomic E-state index is -1.09. The van der Waals surface area contributed by atoms with Crippen molar-refractivity contribution in [2.75, 3.05) is 6.61 Å². The highest BCUT2D eigenvalue weighted by Gasteiger charge is 2.20. The molecule has 7 nitrogen and oxygen atoms in total. The van der Waals surface area contributed by atoms with Gasteiger partial charge < -0.3 is 14.8 Å². The van der Waals surface area contributed by atoms with Crippen molar-refractivity contribution in [1.29, 1.82) is 0 Å². The molecule has 0 radical (unpaired) electrons. The Kier molecular flexibility index (Phi) is 8.21. The molecular weight excluding hydrogens is 372 g/mol. The highest BCUT2D eigenvalue weighted by molar-refractivity contribution is 5.97. The van der Waals surface area contributed by atoms with Crippen molar-refractivity contribution in [3.05, 3.63) is 65.2 Å². The summed E-state index contributed by atoms with van der Waals surface area (Å²) in [6.45, 7) is 5.70.